The average Bonchev–Trinajstić information content (AvgIpc) is 3.07. The smallest absolute Gasteiger partial charge is 0.123 e. The first-order valence-corrected chi connectivity index (χ1v) is 7.04. The predicted octanol–water partition coefficient (Wildman–Crippen LogP) is 3.43. The van der Waals surface area contributed by atoms with Crippen molar-refractivity contribution in [3.8, 4) is 0 Å². The Morgan fingerprint density at radius 3 is 2.89 bits per heavy atom. The standard InChI is InChI=1S/C14H15FN2S/c1-9-8-18-14(16-9)13(17-12-5-6-12)10-3-2-4-11(15)7-10/h2-4,7-8,12-13,17H,5-6H2,1H3. The van der Waals surface area contributed by atoms with E-state index >= 15 is 0 Å². The van der Waals surface area contributed by atoms with Crippen LogP contribution in [0.3, 0.4) is 0 Å². The van der Waals surface area contributed by atoms with Gasteiger partial charge >= 0.3 is 0 Å². The molecule has 3 rings (SSSR count). The minimum atomic E-state index is -0.191. The largest absolute Gasteiger partial charge is 0.301 e. The maximum absolute atomic E-state index is 13.4. The molecule has 0 amide bonds. The number of nitrogens with zero attached hydrogens (tertiary/aromatic N) is 1. The fraction of sp³-hybridized carbons (Fsp3) is 0.357. The van der Waals surface area contributed by atoms with Gasteiger partial charge in [0.1, 0.15) is 10.8 Å². The van der Waals surface area contributed by atoms with E-state index in [9.17, 15) is 4.39 Å². The van der Waals surface area contributed by atoms with Crippen molar-refractivity contribution in [3.63, 3.8) is 0 Å². The summed E-state index contributed by atoms with van der Waals surface area (Å²) < 4.78 is 13.4. The Balaban J connectivity index is 1.93. The van der Waals surface area contributed by atoms with Crippen molar-refractivity contribution < 1.29 is 4.39 Å². The molecule has 1 unspecified atom stereocenters. The second kappa shape index (κ2) is 4.78. The second-order valence-electron chi connectivity index (χ2n) is 4.76. The van der Waals surface area contributed by atoms with E-state index in [1.807, 2.05) is 18.4 Å². The topological polar surface area (TPSA) is 24.9 Å². The third-order valence-corrected chi connectivity index (χ3v) is 4.07. The number of aromatic nitrogens is 1. The van der Waals surface area contributed by atoms with E-state index in [1.165, 1.54) is 18.9 Å². The molecule has 1 saturated carbocycles. The third-order valence-electron chi connectivity index (χ3n) is 3.05. The minimum absolute atomic E-state index is 0.0203. The lowest BCUT2D eigenvalue weighted by Gasteiger charge is -2.16. The van der Waals surface area contributed by atoms with E-state index in [-0.39, 0.29) is 11.9 Å². The molecule has 0 radical (unpaired) electrons. The van der Waals surface area contributed by atoms with E-state index in [0.717, 1.165) is 16.3 Å². The Morgan fingerprint density at radius 2 is 2.28 bits per heavy atom. The Kier molecular flexibility index (Phi) is 3.14. The van der Waals surface area contributed by atoms with Crippen LogP contribution in [0.2, 0.25) is 0 Å². The molecule has 0 aliphatic heterocycles. The van der Waals surface area contributed by atoms with Crippen molar-refractivity contribution in [1.82, 2.24) is 10.3 Å². The van der Waals surface area contributed by atoms with Gasteiger partial charge in [0, 0.05) is 17.1 Å². The third kappa shape index (κ3) is 2.60. The van der Waals surface area contributed by atoms with Crippen LogP contribution in [0.5, 0.6) is 0 Å². The van der Waals surface area contributed by atoms with Crippen LogP contribution in [-0.2, 0) is 0 Å². The van der Waals surface area contributed by atoms with Crippen molar-refractivity contribution >= 4 is 11.3 Å². The lowest BCUT2D eigenvalue weighted by molar-refractivity contribution is 0.584. The van der Waals surface area contributed by atoms with E-state index in [4.69, 9.17) is 0 Å². The highest BCUT2D eigenvalue weighted by atomic mass is 32.1. The van der Waals surface area contributed by atoms with E-state index in [1.54, 1.807) is 23.5 Å². The zero-order valence-corrected chi connectivity index (χ0v) is 11.0. The Hall–Kier alpha value is -1.26. The van der Waals surface area contributed by atoms with E-state index in [2.05, 4.69) is 10.3 Å². The van der Waals surface area contributed by atoms with Crippen LogP contribution in [0.25, 0.3) is 0 Å². The summed E-state index contributed by atoms with van der Waals surface area (Å²) in [6.07, 6.45) is 2.41. The normalized spacial score (nSPS) is 16.8. The molecule has 0 bridgehead atoms. The highest BCUT2D eigenvalue weighted by Crippen LogP contribution is 2.30. The minimum Gasteiger partial charge on any atom is -0.301 e. The van der Waals surface area contributed by atoms with Gasteiger partial charge in [0.15, 0.2) is 0 Å². The number of hydrogen-bond donors (Lipinski definition) is 1. The van der Waals surface area contributed by atoms with Crippen LogP contribution < -0.4 is 5.32 Å². The van der Waals surface area contributed by atoms with Crippen molar-refractivity contribution in [2.75, 3.05) is 0 Å². The summed E-state index contributed by atoms with van der Waals surface area (Å²) >= 11 is 1.63. The maximum Gasteiger partial charge on any atom is 0.123 e. The molecule has 1 atom stereocenters. The summed E-state index contributed by atoms with van der Waals surface area (Å²) in [5.74, 6) is -0.191. The van der Waals surface area contributed by atoms with Gasteiger partial charge in [-0.3, -0.25) is 0 Å². The molecule has 1 fully saturated rings. The van der Waals surface area contributed by atoms with Crippen LogP contribution in [0, 0.1) is 12.7 Å². The molecule has 4 heteroatoms. The lowest BCUT2D eigenvalue weighted by Crippen LogP contribution is -2.24. The zero-order chi connectivity index (χ0) is 12.5. The number of aryl methyl sites for hydroxylation is 1. The Labute approximate surface area is 110 Å². The number of thiazole rings is 1. The molecular weight excluding hydrogens is 247 g/mol. The van der Waals surface area contributed by atoms with Gasteiger partial charge in [0.25, 0.3) is 0 Å². The highest BCUT2D eigenvalue weighted by molar-refractivity contribution is 7.09. The first kappa shape index (κ1) is 11.8. The van der Waals surface area contributed by atoms with Gasteiger partial charge in [-0.15, -0.1) is 11.3 Å². The first-order chi connectivity index (χ1) is 8.72. The van der Waals surface area contributed by atoms with Crippen molar-refractivity contribution in [2.24, 2.45) is 0 Å². The molecule has 0 spiro atoms. The molecule has 2 nitrogen and oxygen atoms in total. The number of halogens is 1. The fourth-order valence-electron chi connectivity index (χ4n) is 1.99. The van der Waals surface area contributed by atoms with E-state index in [0.29, 0.717) is 6.04 Å². The van der Waals surface area contributed by atoms with Crippen molar-refractivity contribution in [1.29, 1.82) is 0 Å². The fourth-order valence-corrected chi connectivity index (χ4v) is 2.87. The van der Waals surface area contributed by atoms with Crippen molar-refractivity contribution in [2.45, 2.75) is 31.8 Å². The molecule has 1 aromatic heterocycles. The summed E-state index contributed by atoms with van der Waals surface area (Å²) in [4.78, 5) is 4.53. The lowest BCUT2D eigenvalue weighted by atomic mass is 10.1. The molecule has 2 aromatic rings. The Morgan fingerprint density at radius 1 is 1.44 bits per heavy atom. The van der Waals surface area contributed by atoms with Gasteiger partial charge in [-0.1, -0.05) is 12.1 Å². The second-order valence-corrected chi connectivity index (χ2v) is 5.65. The summed E-state index contributed by atoms with van der Waals surface area (Å²) in [6, 6.07) is 7.36. The van der Waals surface area contributed by atoms with Gasteiger partial charge in [-0.25, -0.2) is 9.37 Å². The van der Waals surface area contributed by atoms with Gasteiger partial charge in [0.2, 0.25) is 0 Å². The van der Waals surface area contributed by atoms with Crippen LogP contribution in [-0.4, -0.2) is 11.0 Å². The number of rotatable bonds is 4. The summed E-state index contributed by atoms with van der Waals surface area (Å²) in [6.45, 7) is 1.99. The number of nitrogens with one attached hydrogen (secondary N) is 1. The summed E-state index contributed by atoms with van der Waals surface area (Å²) in [7, 11) is 0. The quantitative estimate of drug-likeness (QED) is 0.913. The van der Waals surface area contributed by atoms with Gasteiger partial charge in [-0.2, -0.15) is 0 Å². The van der Waals surface area contributed by atoms with Crippen LogP contribution in [0.4, 0.5) is 4.39 Å². The van der Waals surface area contributed by atoms with Gasteiger partial charge in [0.05, 0.1) is 6.04 Å². The van der Waals surface area contributed by atoms with E-state index < -0.39 is 0 Å². The first-order valence-electron chi connectivity index (χ1n) is 6.16. The predicted molar refractivity (Wildman–Crippen MR) is 71.3 cm³/mol. The molecule has 94 valence electrons. The summed E-state index contributed by atoms with van der Waals surface area (Å²) in [5.41, 5.74) is 1.98. The molecule has 1 heterocycles. The van der Waals surface area contributed by atoms with Gasteiger partial charge < -0.3 is 5.32 Å². The molecular formula is C14H15FN2S. The van der Waals surface area contributed by atoms with Gasteiger partial charge in [-0.05, 0) is 37.5 Å². The van der Waals surface area contributed by atoms with Crippen LogP contribution in [0.1, 0.15) is 35.1 Å². The molecule has 1 aromatic carbocycles. The van der Waals surface area contributed by atoms with Crippen LogP contribution in [0.15, 0.2) is 29.6 Å². The monoisotopic (exact) mass is 262 g/mol. The number of benzene rings is 1. The molecule has 18 heavy (non-hydrogen) atoms. The highest BCUT2D eigenvalue weighted by Gasteiger charge is 2.27. The molecule has 1 aliphatic rings. The Bertz CT molecular complexity index is 548. The maximum atomic E-state index is 13.4. The van der Waals surface area contributed by atoms with Crippen molar-refractivity contribution in [3.05, 3.63) is 51.7 Å². The molecule has 0 saturated heterocycles. The summed E-state index contributed by atoms with van der Waals surface area (Å²) in [5, 5.41) is 6.60. The zero-order valence-electron chi connectivity index (χ0n) is 10.2. The van der Waals surface area contributed by atoms with Crippen LogP contribution >= 0.6 is 11.3 Å². The SMILES string of the molecule is Cc1csc(C(NC2CC2)c2cccc(F)c2)n1. The number of hydrogen-bond acceptors (Lipinski definition) is 3. The average molecular weight is 262 g/mol. The molecule has 1 aliphatic carbocycles. The molecule has 1 N–H and O–H groups in total.